The number of ether oxygens (including phenoxy) is 1. The molecule has 0 aromatic heterocycles. The molecule has 0 aliphatic rings. The summed E-state index contributed by atoms with van der Waals surface area (Å²) in [5.74, 6) is 0.131. The first-order chi connectivity index (χ1) is 12.7. The van der Waals surface area contributed by atoms with Gasteiger partial charge in [0.1, 0.15) is 0 Å². The highest BCUT2D eigenvalue weighted by Gasteiger charge is 2.13. The molecule has 0 amide bonds. The average Bonchev–Trinajstić information content (AvgIpc) is 2.69. The maximum absolute atomic E-state index is 11.1. The summed E-state index contributed by atoms with van der Waals surface area (Å²) in [7, 11) is 1.40. The van der Waals surface area contributed by atoms with Crippen molar-refractivity contribution in [2.24, 2.45) is 0 Å². The summed E-state index contributed by atoms with van der Waals surface area (Å²) in [4.78, 5) is 11.1. The molecule has 138 valence electrons. The van der Waals surface area contributed by atoms with Crippen molar-refractivity contribution in [1.29, 1.82) is 0 Å². The second kappa shape index (κ2) is 11.3. The Morgan fingerprint density at radius 3 is 2.04 bits per heavy atom. The zero-order valence-electron chi connectivity index (χ0n) is 15.1. The topological polar surface area (TPSA) is 50.4 Å². The van der Waals surface area contributed by atoms with Crippen LogP contribution in [-0.2, 0) is 9.53 Å². The summed E-state index contributed by atoms with van der Waals surface area (Å²) in [6.07, 6.45) is 2.04. The third kappa shape index (κ3) is 6.84. The van der Waals surface area contributed by atoms with E-state index in [4.69, 9.17) is 12.2 Å². The summed E-state index contributed by atoms with van der Waals surface area (Å²) < 4.78 is 4.62. The fourth-order valence-corrected chi connectivity index (χ4v) is 3.03. The van der Waals surface area contributed by atoms with E-state index in [2.05, 4.69) is 63.9 Å². The zero-order valence-corrected chi connectivity index (χ0v) is 15.9. The number of methoxy groups -OCH3 is 1. The van der Waals surface area contributed by atoms with Gasteiger partial charge < -0.3 is 15.4 Å². The molecular weight excluding hydrogens is 344 g/mol. The van der Waals surface area contributed by atoms with Crippen LogP contribution in [-0.4, -0.2) is 31.3 Å². The number of rotatable bonds is 9. The number of carbonyl (C=O) groups excluding carboxylic acids is 1. The first kappa shape index (κ1) is 19.9. The number of nitrogens with one attached hydrogen (secondary N) is 2. The van der Waals surface area contributed by atoms with Gasteiger partial charge in [0.05, 0.1) is 7.11 Å². The summed E-state index contributed by atoms with van der Waals surface area (Å²) in [5, 5.41) is 7.01. The van der Waals surface area contributed by atoms with Crippen molar-refractivity contribution in [3.05, 3.63) is 71.8 Å². The highest BCUT2D eigenvalue weighted by molar-refractivity contribution is 7.80. The molecule has 0 atom stereocenters. The molecule has 0 saturated heterocycles. The molecule has 0 fully saturated rings. The molecule has 2 aromatic rings. The van der Waals surface area contributed by atoms with Gasteiger partial charge in [-0.05, 0) is 36.2 Å². The standard InChI is InChI=1S/C21H26N2O2S/c1-25-20(24)13-8-15-22-21(26)23-16-14-19(17-9-4-2-5-10-17)18-11-6-3-7-12-18/h2-7,9-12,19H,8,13-16H2,1H3,(H2,22,23,26). The Morgan fingerprint density at radius 1 is 0.962 bits per heavy atom. The quantitative estimate of drug-likeness (QED) is 0.401. The number of carbonyl (C=O) groups is 1. The lowest BCUT2D eigenvalue weighted by Crippen LogP contribution is -2.36. The third-order valence-corrected chi connectivity index (χ3v) is 4.48. The average molecular weight is 371 g/mol. The molecule has 0 aliphatic heterocycles. The summed E-state index contributed by atoms with van der Waals surface area (Å²) in [5.41, 5.74) is 2.61. The molecule has 26 heavy (non-hydrogen) atoms. The molecule has 4 nitrogen and oxygen atoms in total. The van der Waals surface area contributed by atoms with Crippen LogP contribution in [0.25, 0.3) is 0 Å². The van der Waals surface area contributed by atoms with Gasteiger partial charge in [-0.3, -0.25) is 4.79 Å². The van der Waals surface area contributed by atoms with Gasteiger partial charge in [-0.1, -0.05) is 60.7 Å². The van der Waals surface area contributed by atoms with Crippen LogP contribution in [0.4, 0.5) is 0 Å². The monoisotopic (exact) mass is 370 g/mol. The van der Waals surface area contributed by atoms with E-state index in [1.54, 1.807) is 0 Å². The van der Waals surface area contributed by atoms with E-state index in [0.29, 0.717) is 30.4 Å². The number of hydrogen-bond donors (Lipinski definition) is 2. The predicted octanol–water partition coefficient (Wildman–Crippen LogP) is 3.63. The van der Waals surface area contributed by atoms with Crippen molar-refractivity contribution in [1.82, 2.24) is 10.6 Å². The second-order valence-electron chi connectivity index (χ2n) is 6.02. The first-order valence-corrected chi connectivity index (χ1v) is 9.30. The molecule has 2 N–H and O–H groups in total. The van der Waals surface area contributed by atoms with E-state index in [9.17, 15) is 4.79 Å². The molecule has 0 bridgehead atoms. The molecule has 0 aliphatic carbocycles. The van der Waals surface area contributed by atoms with Crippen molar-refractivity contribution in [2.45, 2.75) is 25.2 Å². The Hall–Kier alpha value is -2.40. The van der Waals surface area contributed by atoms with E-state index < -0.39 is 0 Å². The number of benzene rings is 2. The fourth-order valence-electron chi connectivity index (χ4n) is 2.83. The summed E-state index contributed by atoms with van der Waals surface area (Å²) in [6.45, 7) is 1.43. The normalized spacial score (nSPS) is 10.4. The largest absolute Gasteiger partial charge is 0.469 e. The summed E-state index contributed by atoms with van der Waals surface area (Å²) in [6, 6.07) is 21.1. The molecule has 0 heterocycles. The molecule has 2 rings (SSSR count). The van der Waals surface area contributed by atoms with Crippen LogP contribution >= 0.6 is 12.2 Å². The molecule has 0 spiro atoms. The van der Waals surface area contributed by atoms with Gasteiger partial charge in [-0.25, -0.2) is 0 Å². The van der Waals surface area contributed by atoms with Crippen LogP contribution in [0.15, 0.2) is 60.7 Å². The van der Waals surface area contributed by atoms with Crippen molar-refractivity contribution >= 4 is 23.3 Å². The number of hydrogen-bond acceptors (Lipinski definition) is 3. The SMILES string of the molecule is COC(=O)CCCNC(=S)NCCC(c1ccccc1)c1ccccc1. The molecule has 2 aromatic carbocycles. The minimum Gasteiger partial charge on any atom is -0.469 e. The Morgan fingerprint density at radius 2 is 1.50 bits per heavy atom. The molecule has 0 radical (unpaired) electrons. The van der Waals surface area contributed by atoms with E-state index in [0.717, 1.165) is 13.0 Å². The van der Waals surface area contributed by atoms with E-state index >= 15 is 0 Å². The Balaban J connectivity index is 1.81. The van der Waals surface area contributed by atoms with Gasteiger partial charge in [-0.2, -0.15) is 0 Å². The van der Waals surface area contributed by atoms with Crippen LogP contribution in [0.2, 0.25) is 0 Å². The Bertz CT molecular complexity index is 637. The van der Waals surface area contributed by atoms with Crippen LogP contribution in [0.5, 0.6) is 0 Å². The van der Waals surface area contributed by atoms with Gasteiger partial charge in [0.15, 0.2) is 5.11 Å². The minimum absolute atomic E-state index is 0.195. The van der Waals surface area contributed by atoms with E-state index in [-0.39, 0.29) is 5.97 Å². The number of thiocarbonyl (C=S) groups is 1. The van der Waals surface area contributed by atoms with Gasteiger partial charge in [-0.15, -0.1) is 0 Å². The van der Waals surface area contributed by atoms with Crippen molar-refractivity contribution in [3.63, 3.8) is 0 Å². The van der Waals surface area contributed by atoms with Gasteiger partial charge in [0.2, 0.25) is 0 Å². The fraction of sp³-hybridized carbons (Fsp3) is 0.333. The lowest BCUT2D eigenvalue weighted by molar-refractivity contribution is -0.140. The molecule has 5 heteroatoms. The second-order valence-corrected chi connectivity index (χ2v) is 6.43. The van der Waals surface area contributed by atoms with Crippen molar-refractivity contribution in [3.8, 4) is 0 Å². The van der Waals surface area contributed by atoms with Crippen molar-refractivity contribution in [2.75, 3.05) is 20.2 Å². The van der Waals surface area contributed by atoms with Crippen molar-refractivity contribution < 1.29 is 9.53 Å². The van der Waals surface area contributed by atoms with Crippen LogP contribution in [0, 0.1) is 0 Å². The Kier molecular flexibility index (Phi) is 8.63. The molecule has 0 unspecified atom stereocenters. The van der Waals surface area contributed by atoms with Crippen LogP contribution in [0.3, 0.4) is 0 Å². The number of esters is 1. The van der Waals surface area contributed by atoms with Gasteiger partial charge in [0, 0.05) is 25.4 Å². The van der Waals surface area contributed by atoms with Crippen LogP contribution in [0.1, 0.15) is 36.3 Å². The van der Waals surface area contributed by atoms with E-state index in [1.807, 2.05) is 12.1 Å². The first-order valence-electron chi connectivity index (χ1n) is 8.89. The maximum atomic E-state index is 11.1. The molecule has 0 saturated carbocycles. The lowest BCUT2D eigenvalue weighted by Gasteiger charge is -2.19. The Labute approximate surface area is 161 Å². The van der Waals surface area contributed by atoms with E-state index in [1.165, 1.54) is 18.2 Å². The molecular formula is C21H26N2O2S. The lowest BCUT2D eigenvalue weighted by atomic mass is 9.88. The van der Waals surface area contributed by atoms with Gasteiger partial charge >= 0.3 is 5.97 Å². The van der Waals surface area contributed by atoms with Gasteiger partial charge in [0.25, 0.3) is 0 Å². The van der Waals surface area contributed by atoms with Crippen LogP contribution < -0.4 is 10.6 Å². The summed E-state index contributed by atoms with van der Waals surface area (Å²) >= 11 is 5.31. The highest BCUT2D eigenvalue weighted by Crippen LogP contribution is 2.27. The highest BCUT2D eigenvalue weighted by atomic mass is 32.1. The maximum Gasteiger partial charge on any atom is 0.305 e. The smallest absolute Gasteiger partial charge is 0.305 e. The zero-order chi connectivity index (χ0) is 18.6. The minimum atomic E-state index is -0.195. The predicted molar refractivity (Wildman–Crippen MR) is 109 cm³/mol. The third-order valence-electron chi connectivity index (χ3n) is 4.19.